The van der Waals surface area contributed by atoms with Gasteiger partial charge in [-0.1, -0.05) is 23.5 Å². The second kappa shape index (κ2) is 5.05. The van der Waals surface area contributed by atoms with E-state index in [1.54, 1.807) is 0 Å². The Bertz CT molecular complexity index is 724. The maximum atomic E-state index is 12.6. The summed E-state index contributed by atoms with van der Waals surface area (Å²) < 4.78 is 1.01. The first kappa shape index (κ1) is 13.7. The Morgan fingerprint density at radius 3 is 2.64 bits per heavy atom. The van der Waals surface area contributed by atoms with Gasteiger partial charge in [-0.05, 0) is 43.2 Å². The van der Waals surface area contributed by atoms with Gasteiger partial charge in [-0.25, -0.2) is 4.98 Å². The van der Waals surface area contributed by atoms with Gasteiger partial charge >= 0.3 is 5.97 Å². The summed E-state index contributed by atoms with van der Waals surface area (Å²) in [5.41, 5.74) is 0.852. The standard InChI is InChI=1S/C16H16N2O3S/c19-14(12-8-5-6-9(7-8)13(12)15(20)21)18-16-17-10-3-1-2-4-11(10)22-16/h1-4,8-9,12-13H,5-7H2,(H,20,21)(H,17,18,19)/t8-,9-,12-,13+/m0/s1. The number of carboxylic acids is 1. The quantitative estimate of drug-likeness (QED) is 0.912. The van der Waals surface area contributed by atoms with Crippen molar-refractivity contribution in [3.05, 3.63) is 24.3 Å². The number of aromatic nitrogens is 1. The zero-order valence-corrected chi connectivity index (χ0v) is 12.7. The van der Waals surface area contributed by atoms with Crippen LogP contribution in [0.25, 0.3) is 10.2 Å². The van der Waals surface area contributed by atoms with E-state index in [0.717, 1.165) is 29.5 Å². The number of carbonyl (C=O) groups is 2. The number of hydrogen-bond acceptors (Lipinski definition) is 4. The predicted octanol–water partition coefficient (Wildman–Crippen LogP) is 2.98. The maximum absolute atomic E-state index is 12.6. The van der Waals surface area contributed by atoms with E-state index in [4.69, 9.17) is 0 Å². The number of anilines is 1. The van der Waals surface area contributed by atoms with Gasteiger partial charge in [0.1, 0.15) is 0 Å². The van der Waals surface area contributed by atoms with Gasteiger partial charge in [0, 0.05) is 0 Å². The average Bonchev–Trinajstić information content (AvgIpc) is 3.19. The number of amides is 1. The summed E-state index contributed by atoms with van der Waals surface area (Å²) >= 11 is 1.42. The van der Waals surface area contributed by atoms with Gasteiger partial charge in [0.25, 0.3) is 0 Å². The Balaban J connectivity index is 1.57. The highest BCUT2D eigenvalue weighted by Crippen LogP contribution is 2.52. The van der Waals surface area contributed by atoms with Crippen LogP contribution in [-0.4, -0.2) is 22.0 Å². The lowest BCUT2D eigenvalue weighted by atomic mass is 9.79. The summed E-state index contributed by atoms with van der Waals surface area (Å²) in [6.45, 7) is 0. The maximum Gasteiger partial charge on any atom is 0.307 e. The van der Waals surface area contributed by atoms with Crippen molar-refractivity contribution in [2.45, 2.75) is 19.3 Å². The Morgan fingerprint density at radius 1 is 1.18 bits per heavy atom. The van der Waals surface area contributed by atoms with E-state index < -0.39 is 17.8 Å². The molecule has 0 saturated heterocycles. The number of rotatable bonds is 3. The molecule has 0 radical (unpaired) electrons. The van der Waals surface area contributed by atoms with Crippen molar-refractivity contribution >= 4 is 38.6 Å². The zero-order valence-electron chi connectivity index (χ0n) is 11.9. The monoisotopic (exact) mass is 316 g/mol. The van der Waals surface area contributed by atoms with Crippen LogP contribution in [0, 0.1) is 23.7 Å². The van der Waals surface area contributed by atoms with E-state index >= 15 is 0 Å². The molecule has 2 aliphatic rings. The molecule has 1 heterocycles. The van der Waals surface area contributed by atoms with Crippen LogP contribution >= 0.6 is 11.3 Å². The molecule has 0 unspecified atom stereocenters. The van der Waals surface area contributed by atoms with Crippen LogP contribution in [0.1, 0.15) is 19.3 Å². The second-order valence-corrected chi connectivity index (χ2v) is 7.23. The lowest BCUT2D eigenvalue weighted by Gasteiger charge is -2.26. The minimum atomic E-state index is -0.836. The molecule has 1 aromatic carbocycles. The Morgan fingerprint density at radius 2 is 1.91 bits per heavy atom. The van der Waals surface area contributed by atoms with E-state index in [1.165, 1.54) is 11.3 Å². The first-order valence-electron chi connectivity index (χ1n) is 7.53. The number of para-hydroxylation sites is 1. The largest absolute Gasteiger partial charge is 0.481 e. The SMILES string of the molecule is O=C(O)[C@@H]1[C@H]2CC[C@@H](C2)[C@@H]1C(=O)Nc1nc2ccccc2s1. The van der Waals surface area contributed by atoms with Crippen molar-refractivity contribution < 1.29 is 14.7 Å². The first-order chi connectivity index (χ1) is 10.6. The van der Waals surface area contributed by atoms with Crippen molar-refractivity contribution in [1.29, 1.82) is 0 Å². The lowest BCUT2D eigenvalue weighted by Crippen LogP contribution is -2.37. The van der Waals surface area contributed by atoms with E-state index in [0.29, 0.717) is 5.13 Å². The van der Waals surface area contributed by atoms with Crippen LogP contribution in [0.5, 0.6) is 0 Å². The smallest absolute Gasteiger partial charge is 0.307 e. The molecule has 2 N–H and O–H groups in total. The molecule has 6 heteroatoms. The molecule has 0 aliphatic heterocycles. The summed E-state index contributed by atoms with van der Waals surface area (Å²) in [5, 5.41) is 12.8. The third-order valence-corrected chi connectivity index (χ3v) is 5.98. The van der Waals surface area contributed by atoms with Gasteiger partial charge in [-0.2, -0.15) is 0 Å². The van der Waals surface area contributed by atoms with Gasteiger partial charge in [0.2, 0.25) is 5.91 Å². The number of fused-ring (bicyclic) bond motifs is 3. The fourth-order valence-electron chi connectivity index (χ4n) is 4.14. The molecule has 1 amide bonds. The molecule has 114 valence electrons. The van der Waals surface area contributed by atoms with E-state index in [9.17, 15) is 14.7 Å². The summed E-state index contributed by atoms with van der Waals surface area (Å²) in [6, 6.07) is 7.70. The highest BCUT2D eigenvalue weighted by Gasteiger charge is 2.54. The number of aliphatic carboxylic acids is 1. The Labute approximate surface area is 131 Å². The van der Waals surface area contributed by atoms with Crippen LogP contribution < -0.4 is 5.32 Å². The normalized spacial score (nSPS) is 29.8. The molecule has 2 fully saturated rings. The fourth-order valence-corrected chi connectivity index (χ4v) is 5.01. The van der Waals surface area contributed by atoms with Crippen LogP contribution in [0.2, 0.25) is 0 Å². The third kappa shape index (κ3) is 2.09. The molecule has 5 nitrogen and oxygen atoms in total. The molecule has 22 heavy (non-hydrogen) atoms. The van der Waals surface area contributed by atoms with Crippen molar-refractivity contribution in [2.24, 2.45) is 23.7 Å². The van der Waals surface area contributed by atoms with Crippen molar-refractivity contribution in [1.82, 2.24) is 4.98 Å². The number of nitrogens with zero attached hydrogens (tertiary/aromatic N) is 1. The molecule has 2 aromatic rings. The minimum Gasteiger partial charge on any atom is -0.481 e. The predicted molar refractivity (Wildman–Crippen MR) is 83.7 cm³/mol. The van der Waals surface area contributed by atoms with E-state index in [2.05, 4.69) is 10.3 Å². The molecule has 1 aromatic heterocycles. The lowest BCUT2D eigenvalue weighted by molar-refractivity contribution is -0.148. The number of nitrogens with one attached hydrogen (secondary N) is 1. The number of hydrogen-bond donors (Lipinski definition) is 2. The summed E-state index contributed by atoms with van der Waals surface area (Å²) in [4.78, 5) is 28.5. The number of thiazole rings is 1. The minimum absolute atomic E-state index is 0.161. The topological polar surface area (TPSA) is 79.3 Å². The zero-order chi connectivity index (χ0) is 15.3. The third-order valence-electron chi connectivity index (χ3n) is 5.03. The fraction of sp³-hybridized carbons (Fsp3) is 0.438. The summed E-state index contributed by atoms with van der Waals surface area (Å²) in [7, 11) is 0. The second-order valence-electron chi connectivity index (χ2n) is 6.20. The average molecular weight is 316 g/mol. The van der Waals surface area contributed by atoms with Gasteiger partial charge in [-0.15, -0.1) is 0 Å². The van der Waals surface area contributed by atoms with E-state index in [-0.39, 0.29) is 17.7 Å². The Hall–Kier alpha value is -1.95. The highest BCUT2D eigenvalue weighted by molar-refractivity contribution is 7.22. The van der Waals surface area contributed by atoms with Gasteiger partial charge in [0.15, 0.2) is 5.13 Å². The van der Waals surface area contributed by atoms with Gasteiger partial charge in [-0.3, -0.25) is 9.59 Å². The highest BCUT2D eigenvalue weighted by atomic mass is 32.1. The molecule has 2 aliphatic carbocycles. The first-order valence-corrected chi connectivity index (χ1v) is 8.34. The van der Waals surface area contributed by atoms with Crippen LogP contribution in [0.3, 0.4) is 0 Å². The number of carboxylic acid groups (broad SMARTS) is 1. The molecule has 0 spiro atoms. The Kier molecular flexibility index (Phi) is 3.14. The molecule has 4 rings (SSSR count). The van der Waals surface area contributed by atoms with Crippen molar-refractivity contribution in [2.75, 3.05) is 5.32 Å². The number of benzene rings is 1. The number of carbonyl (C=O) groups excluding carboxylic acids is 1. The summed E-state index contributed by atoms with van der Waals surface area (Å²) in [5.74, 6) is -1.60. The molecular weight excluding hydrogens is 300 g/mol. The van der Waals surface area contributed by atoms with Gasteiger partial charge in [0.05, 0.1) is 22.1 Å². The molecule has 4 atom stereocenters. The van der Waals surface area contributed by atoms with Crippen molar-refractivity contribution in [3.63, 3.8) is 0 Å². The van der Waals surface area contributed by atoms with E-state index in [1.807, 2.05) is 24.3 Å². The van der Waals surface area contributed by atoms with Crippen LogP contribution in [-0.2, 0) is 9.59 Å². The van der Waals surface area contributed by atoms with Crippen LogP contribution in [0.4, 0.5) is 5.13 Å². The van der Waals surface area contributed by atoms with Crippen molar-refractivity contribution in [3.8, 4) is 0 Å². The molecule has 2 saturated carbocycles. The van der Waals surface area contributed by atoms with Gasteiger partial charge < -0.3 is 10.4 Å². The molecule has 2 bridgehead atoms. The molecular formula is C16H16N2O3S. The van der Waals surface area contributed by atoms with Crippen LogP contribution in [0.15, 0.2) is 24.3 Å². The summed E-state index contributed by atoms with van der Waals surface area (Å²) in [6.07, 6.45) is 2.77.